The molecule has 0 aliphatic carbocycles. The smallest absolute Gasteiger partial charge is 0.170 e. The molecule has 0 aliphatic rings. The molecule has 0 saturated carbocycles. The van der Waals surface area contributed by atoms with Gasteiger partial charge < -0.3 is 10.6 Å². The van der Waals surface area contributed by atoms with Crippen LogP contribution in [0.25, 0.3) is 0 Å². The lowest BCUT2D eigenvalue weighted by Crippen LogP contribution is -2.30. The highest BCUT2D eigenvalue weighted by Crippen LogP contribution is 2.15. The van der Waals surface area contributed by atoms with Gasteiger partial charge in [-0.15, -0.1) is 0 Å². The quantitative estimate of drug-likeness (QED) is 0.606. The Morgan fingerprint density at radius 2 is 2.18 bits per heavy atom. The number of nitrogens with one attached hydrogen (secondary N) is 2. The minimum atomic E-state index is -0.680. The molecule has 4 nitrogen and oxygen atoms in total. The zero-order chi connectivity index (χ0) is 16.1. The summed E-state index contributed by atoms with van der Waals surface area (Å²) in [5, 5.41) is 10.3. The average Bonchev–Trinajstić information content (AvgIpc) is 2.77. The highest BCUT2D eigenvalue weighted by Gasteiger charge is 2.05. The maximum absolute atomic E-state index is 13.5. The predicted molar refractivity (Wildman–Crippen MR) is 89.9 cm³/mol. The van der Waals surface area contributed by atoms with Crippen LogP contribution in [0.4, 0.5) is 14.5 Å². The van der Waals surface area contributed by atoms with Gasteiger partial charge in [0, 0.05) is 25.4 Å². The van der Waals surface area contributed by atoms with Gasteiger partial charge in [0.05, 0.1) is 15.9 Å². The molecule has 0 amide bonds. The Hall–Kier alpha value is -1.54. The molecule has 1 heterocycles. The number of nitrogens with zero attached hydrogens (tertiary/aromatic N) is 2. The first kappa shape index (κ1) is 16.8. The Labute approximate surface area is 141 Å². The molecule has 0 saturated heterocycles. The lowest BCUT2D eigenvalue weighted by atomic mass is 10.3. The highest BCUT2D eigenvalue weighted by atomic mass is 79.9. The molecule has 2 N–H and O–H groups in total. The van der Waals surface area contributed by atoms with E-state index >= 15 is 0 Å². The summed E-state index contributed by atoms with van der Waals surface area (Å²) in [5.74, 6) is -1.30. The molecule has 2 rings (SSSR count). The fraction of sp³-hybridized carbons (Fsp3) is 0.286. The zero-order valence-electron chi connectivity index (χ0n) is 11.9. The van der Waals surface area contributed by atoms with Crippen molar-refractivity contribution in [3.63, 3.8) is 0 Å². The molecule has 0 fully saturated rings. The molecular weight excluding hydrogens is 374 g/mol. The first-order chi connectivity index (χ1) is 10.5. The van der Waals surface area contributed by atoms with Crippen molar-refractivity contribution in [2.75, 3.05) is 11.9 Å². The van der Waals surface area contributed by atoms with Crippen LogP contribution in [0, 0.1) is 18.6 Å². The van der Waals surface area contributed by atoms with E-state index in [1.807, 2.05) is 17.8 Å². The second kappa shape index (κ2) is 7.64. The SMILES string of the molecule is Cc1nn(CCCNC(=S)Nc2ccc(F)cc2F)cc1Br. The molecule has 22 heavy (non-hydrogen) atoms. The first-order valence-corrected chi connectivity index (χ1v) is 7.85. The van der Waals surface area contributed by atoms with Crippen molar-refractivity contribution in [1.29, 1.82) is 0 Å². The van der Waals surface area contributed by atoms with Gasteiger partial charge in [-0.05, 0) is 53.6 Å². The predicted octanol–water partition coefficient (Wildman–Crippen LogP) is 3.61. The fourth-order valence-electron chi connectivity index (χ4n) is 1.81. The van der Waals surface area contributed by atoms with Gasteiger partial charge in [0.1, 0.15) is 11.6 Å². The summed E-state index contributed by atoms with van der Waals surface area (Å²) >= 11 is 8.48. The monoisotopic (exact) mass is 388 g/mol. The van der Waals surface area contributed by atoms with E-state index in [4.69, 9.17) is 12.2 Å². The van der Waals surface area contributed by atoms with E-state index in [9.17, 15) is 8.78 Å². The molecule has 0 atom stereocenters. The molecule has 0 bridgehead atoms. The van der Waals surface area contributed by atoms with Crippen LogP contribution < -0.4 is 10.6 Å². The zero-order valence-corrected chi connectivity index (χ0v) is 14.3. The number of aryl methyl sites for hydroxylation is 2. The number of rotatable bonds is 5. The number of thiocarbonyl (C=S) groups is 1. The summed E-state index contributed by atoms with van der Waals surface area (Å²) < 4.78 is 29.1. The maximum atomic E-state index is 13.5. The van der Waals surface area contributed by atoms with Gasteiger partial charge >= 0.3 is 0 Å². The van der Waals surface area contributed by atoms with E-state index in [2.05, 4.69) is 31.7 Å². The molecule has 0 radical (unpaired) electrons. The van der Waals surface area contributed by atoms with E-state index in [1.165, 1.54) is 12.1 Å². The summed E-state index contributed by atoms with van der Waals surface area (Å²) in [6.45, 7) is 3.28. The molecule has 0 unspecified atom stereocenters. The first-order valence-electron chi connectivity index (χ1n) is 6.65. The van der Waals surface area contributed by atoms with Gasteiger partial charge in [0.15, 0.2) is 5.11 Å². The van der Waals surface area contributed by atoms with Crippen LogP contribution in [0.3, 0.4) is 0 Å². The Kier molecular flexibility index (Phi) is 5.84. The fourth-order valence-corrected chi connectivity index (χ4v) is 2.34. The molecule has 2 aromatic rings. The molecule has 0 spiro atoms. The average molecular weight is 389 g/mol. The van der Waals surface area contributed by atoms with Gasteiger partial charge in [-0.1, -0.05) is 0 Å². The van der Waals surface area contributed by atoms with Crippen molar-refractivity contribution in [3.05, 3.63) is 46.2 Å². The van der Waals surface area contributed by atoms with Crippen molar-refractivity contribution >= 4 is 38.9 Å². The van der Waals surface area contributed by atoms with Crippen LogP contribution in [0.15, 0.2) is 28.9 Å². The maximum Gasteiger partial charge on any atom is 0.170 e. The molecule has 0 aliphatic heterocycles. The topological polar surface area (TPSA) is 41.9 Å². The van der Waals surface area contributed by atoms with Crippen LogP contribution in [0.2, 0.25) is 0 Å². The van der Waals surface area contributed by atoms with Crippen molar-refractivity contribution < 1.29 is 8.78 Å². The molecule has 8 heteroatoms. The van der Waals surface area contributed by atoms with Crippen LogP contribution in [0.1, 0.15) is 12.1 Å². The Balaban J connectivity index is 1.73. The molecular formula is C14H15BrF2N4S. The minimum absolute atomic E-state index is 0.144. The summed E-state index contributed by atoms with van der Waals surface area (Å²) in [6.07, 6.45) is 2.72. The van der Waals surface area contributed by atoms with Crippen molar-refractivity contribution in [2.45, 2.75) is 19.9 Å². The van der Waals surface area contributed by atoms with Crippen molar-refractivity contribution in [3.8, 4) is 0 Å². The third kappa shape index (κ3) is 4.74. The van der Waals surface area contributed by atoms with E-state index < -0.39 is 11.6 Å². The van der Waals surface area contributed by atoms with Gasteiger partial charge in [0.25, 0.3) is 0 Å². The van der Waals surface area contributed by atoms with Crippen LogP contribution >= 0.6 is 28.1 Å². The van der Waals surface area contributed by atoms with Gasteiger partial charge in [-0.3, -0.25) is 4.68 Å². The van der Waals surface area contributed by atoms with Crippen LogP contribution in [-0.2, 0) is 6.54 Å². The number of anilines is 1. The summed E-state index contributed by atoms with van der Waals surface area (Å²) in [6, 6.07) is 3.29. The lowest BCUT2D eigenvalue weighted by Gasteiger charge is -2.11. The Morgan fingerprint density at radius 1 is 1.41 bits per heavy atom. The summed E-state index contributed by atoms with van der Waals surface area (Å²) in [5.41, 5.74) is 1.09. The Bertz CT molecular complexity index is 655. The van der Waals surface area contributed by atoms with Gasteiger partial charge in [-0.2, -0.15) is 5.10 Å². The summed E-state index contributed by atoms with van der Waals surface area (Å²) in [4.78, 5) is 0. The van der Waals surface area contributed by atoms with Gasteiger partial charge in [-0.25, -0.2) is 8.78 Å². The number of aromatic nitrogens is 2. The minimum Gasteiger partial charge on any atom is -0.362 e. The van der Waals surface area contributed by atoms with E-state index in [0.29, 0.717) is 11.7 Å². The number of hydrogen-bond donors (Lipinski definition) is 2. The largest absolute Gasteiger partial charge is 0.362 e. The second-order valence-corrected chi connectivity index (χ2v) is 5.95. The lowest BCUT2D eigenvalue weighted by molar-refractivity contribution is 0.570. The standard InChI is InChI=1S/C14H15BrF2N4S/c1-9-11(15)8-21(20-9)6-2-5-18-14(22)19-13-4-3-10(16)7-12(13)17/h3-4,7-8H,2,5-6H2,1H3,(H2,18,19,22). The second-order valence-electron chi connectivity index (χ2n) is 4.68. The summed E-state index contributed by atoms with van der Waals surface area (Å²) in [7, 11) is 0. The molecule has 1 aromatic heterocycles. The van der Waals surface area contributed by atoms with E-state index in [1.54, 1.807) is 0 Å². The van der Waals surface area contributed by atoms with Crippen LogP contribution in [0.5, 0.6) is 0 Å². The molecule has 118 valence electrons. The van der Waals surface area contributed by atoms with Gasteiger partial charge in [0.2, 0.25) is 0 Å². The number of benzene rings is 1. The third-order valence-electron chi connectivity index (χ3n) is 2.92. The number of hydrogen-bond acceptors (Lipinski definition) is 2. The number of halogens is 3. The third-order valence-corrected chi connectivity index (χ3v) is 3.94. The highest BCUT2D eigenvalue weighted by molar-refractivity contribution is 9.10. The van der Waals surface area contributed by atoms with Crippen molar-refractivity contribution in [1.82, 2.24) is 15.1 Å². The van der Waals surface area contributed by atoms with E-state index in [-0.39, 0.29) is 5.69 Å². The van der Waals surface area contributed by atoms with Crippen LogP contribution in [-0.4, -0.2) is 21.4 Å². The van der Waals surface area contributed by atoms with E-state index in [0.717, 1.165) is 29.2 Å². The van der Waals surface area contributed by atoms with Crippen molar-refractivity contribution in [2.24, 2.45) is 0 Å². The Morgan fingerprint density at radius 3 is 2.82 bits per heavy atom. The molecule has 1 aromatic carbocycles. The normalized spacial score (nSPS) is 10.5.